The zero-order valence-corrected chi connectivity index (χ0v) is 20.7. The molecule has 0 spiro atoms. The zero-order valence-electron chi connectivity index (χ0n) is 19.1. The summed E-state index contributed by atoms with van der Waals surface area (Å²) < 4.78 is 13.4. The Hall–Kier alpha value is -3.22. The first-order chi connectivity index (χ1) is 16.3. The van der Waals surface area contributed by atoms with Crippen molar-refractivity contribution in [1.29, 1.82) is 0 Å². The van der Waals surface area contributed by atoms with Gasteiger partial charge in [0.2, 0.25) is 0 Å². The van der Waals surface area contributed by atoms with E-state index in [2.05, 4.69) is 36.4 Å². The Kier molecular flexibility index (Phi) is 7.29. The number of hydrogen-bond acceptors (Lipinski definition) is 4. The highest BCUT2D eigenvalue weighted by Crippen LogP contribution is 2.29. The van der Waals surface area contributed by atoms with Crippen LogP contribution in [0.3, 0.4) is 0 Å². The van der Waals surface area contributed by atoms with Crippen LogP contribution in [0.1, 0.15) is 52.8 Å². The number of aryl methyl sites for hydroxylation is 1. The highest BCUT2D eigenvalue weighted by Gasteiger charge is 2.15. The number of amides is 1. The lowest BCUT2D eigenvalue weighted by Gasteiger charge is -2.14. The summed E-state index contributed by atoms with van der Waals surface area (Å²) in [6.45, 7) is 6.88. The Morgan fingerprint density at radius 1 is 1.15 bits per heavy atom. The number of halogens is 2. The van der Waals surface area contributed by atoms with Crippen molar-refractivity contribution in [2.45, 2.75) is 39.8 Å². The maximum Gasteiger partial charge on any atom is 0.291 e. The molecule has 34 heavy (non-hydrogen) atoms. The van der Waals surface area contributed by atoms with Crippen molar-refractivity contribution in [2.75, 3.05) is 5.32 Å². The molecule has 0 aliphatic carbocycles. The fourth-order valence-electron chi connectivity index (χ4n) is 3.52. The molecule has 0 saturated carbocycles. The van der Waals surface area contributed by atoms with E-state index in [-0.39, 0.29) is 18.3 Å². The number of rotatable bonds is 8. The molecule has 4 rings (SSSR count). The Labute approximate surface area is 208 Å². The first-order valence-corrected chi connectivity index (χ1v) is 11.6. The summed E-state index contributed by atoms with van der Waals surface area (Å²) in [4.78, 5) is 12.6. The summed E-state index contributed by atoms with van der Waals surface area (Å²) in [6.07, 6.45) is 3.26. The third-order valence-corrected chi connectivity index (χ3v) is 6.03. The Morgan fingerprint density at radius 3 is 2.65 bits per heavy atom. The van der Waals surface area contributed by atoms with Crippen molar-refractivity contribution < 1.29 is 13.9 Å². The van der Waals surface area contributed by atoms with E-state index in [0.717, 1.165) is 22.4 Å². The smallest absolute Gasteiger partial charge is 0.291 e. The summed E-state index contributed by atoms with van der Waals surface area (Å²) in [7, 11) is 0. The largest absolute Gasteiger partial charge is 0.485 e. The van der Waals surface area contributed by atoms with Gasteiger partial charge in [0.15, 0.2) is 5.76 Å². The van der Waals surface area contributed by atoms with Crippen LogP contribution in [0.5, 0.6) is 5.75 Å². The van der Waals surface area contributed by atoms with Crippen LogP contribution in [-0.2, 0) is 13.2 Å². The molecule has 1 amide bonds. The van der Waals surface area contributed by atoms with Crippen molar-refractivity contribution in [2.24, 2.45) is 0 Å². The number of hydrogen-bond donors (Lipinski definition) is 1. The SMILES string of the molecule is Cc1ccc(C(C)C)c(OCc2ccc(C(=O)Nc3cnn(Cc4c(Cl)cccc4Cl)c3)o2)c1. The number of carbonyl (C=O) groups is 1. The molecule has 0 bridgehead atoms. The van der Waals surface area contributed by atoms with Gasteiger partial charge >= 0.3 is 0 Å². The van der Waals surface area contributed by atoms with Gasteiger partial charge in [-0.05, 0) is 54.3 Å². The average Bonchev–Trinajstić information content (AvgIpc) is 3.44. The van der Waals surface area contributed by atoms with Crippen LogP contribution >= 0.6 is 23.2 Å². The van der Waals surface area contributed by atoms with E-state index in [0.29, 0.717) is 34.0 Å². The molecular formula is C26H25Cl2N3O3. The number of aromatic nitrogens is 2. The van der Waals surface area contributed by atoms with Gasteiger partial charge in [-0.1, -0.05) is 55.2 Å². The maximum atomic E-state index is 12.6. The second-order valence-electron chi connectivity index (χ2n) is 8.33. The number of anilines is 1. The van der Waals surface area contributed by atoms with Crippen LogP contribution in [0.25, 0.3) is 0 Å². The van der Waals surface area contributed by atoms with Gasteiger partial charge in [-0.2, -0.15) is 5.10 Å². The zero-order chi connectivity index (χ0) is 24.2. The summed E-state index contributed by atoms with van der Waals surface area (Å²) in [5.74, 6) is 1.53. The highest BCUT2D eigenvalue weighted by atomic mass is 35.5. The van der Waals surface area contributed by atoms with E-state index in [1.807, 2.05) is 13.0 Å². The minimum Gasteiger partial charge on any atom is -0.485 e. The summed E-state index contributed by atoms with van der Waals surface area (Å²) >= 11 is 12.5. The molecule has 2 aromatic carbocycles. The summed E-state index contributed by atoms with van der Waals surface area (Å²) in [6, 6.07) is 14.9. The van der Waals surface area contributed by atoms with E-state index in [1.165, 1.54) is 0 Å². The number of nitrogens with zero attached hydrogens (tertiary/aromatic N) is 2. The van der Waals surface area contributed by atoms with Crippen molar-refractivity contribution in [3.05, 3.63) is 99.2 Å². The molecule has 4 aromatic rings. The number of ether oxygens (including phenoxy) is 1. The van der Waals surface area contributed by atoms with Gasteiger partial charge in [-0.25, -0.2) is 0 Å². The van der Waals surface area contributed by atoms with Gasteiger partial charge in [-0.3, -0.25) is 9.48 Å². The van der Waals surface area contributed by atoms with Crippen LogP contribution in [0.2, 0.25) is 10.0 Å². The van der Waals surface area contributed by atoms with Crippen molar-refractivity contribution in [3.8, 4) is 5.75 Å². The maximum absolute atomic E-state index is 12.6. The topological polar surface area (TPSA) is 69.3 Å². The molecule has 176 valence electrons. The van der Waals surface area contributed by atoms with Crippen LogP contribution < -0.4 is 10.1 Å². The number of carbonyl (C=O) groups excluding carboxylic acids is 1. The number of benzene rings is 2. The van der Waals surface area contributed by atoms with Crippen LogP contribution in [0, 0.1) is 6.92 Å². The Balaban J connectivity index is 1.38. The molecule has 0 fully saturated rings. The Bertz CT molecular complexity index is 1290. The van der Waals surface area contributed by atoms with Gasteiger partial charge in [0.1, 0.15) is 18.1 Å². The van der Waals surface area contributed by atoms with Gasteiger partial charge in [0, 0.05) is 21.8 Å². The van der Waals surface area contributed by atoms with E-state index in [1.54, 1.807) is 47.4 Å². The normalized spacial score (nSPS) is 11.1. The number of furan rings is 1. The van der Waals surface area contributed by atoms with Crippen LogP contribution in [0.4, 0.5) is 5.69 Å². The van der Waals surface area contributed by atoms with Gasteiger partial charge in [0.25, 0.3) is 5.91 Å². The molecule has 1 N–H and O–H groups in total. The average molecular weight is 498 g/mol. The van der Waals surface area contributed by atoms with Gasteiger partial charge in [0.05, 0.1) is 18.4 Å². The van der Waals surface area contributed by atoms with Crippen molar-refractivity contribution in [1.82, 2.24) is 9.78 Å². The van der Waals surface area contributed by atoms with E-state index < -0.39 is 0 Å². The molecule has 0 saturated heterocycles. The van der Waals surface area contributed by atoms with Gasteiger partial charge in [-0.15, -0.1) is 0 Å². The molecule has 0 unspecified atom stereocenters. The predicted octanol–water partition coefficient (Wildman–Crippen LogP) is 7.09. The second-order valence-corrected chi connectivity index (χ2v) is 9.15. The van der Waals surface area contributed by atoms with E-state index in [4.69, 9.17) is 32.4 Å². The minimum absolute atomic E-state index is 0.189. The fraction of sp³-hybridized carbons (Fsp3) is 0.231. The lowest BCUT2D eigenvalue weighted by atomic mass is 10.0. The monoisotopic (exact) mass is 497 g/mol. The number of nitrogens with one attached hydrogen (secondary N) is 1. The molecule has 6 nitrogen and oxygen atoms in total. The van der Waals surface area contributed by atoms with Gasteiger partial charge < -0.3 is 14.5 Å². The molecular weight excluding hydrogens is 473 g/mol. The molecule has 8 heteroatoms. The lowest BCUT2D eigenvalue weighted by Crippen LogP contribution is -2.10. The first-order valence-electron chi connectivity index (χ1n) is 10.9. The molecule has 0 aliphatic heterocycles. The molecule has 0 radical (unpaired) electrons. The molecule has 0 atom stereocenters. The highest BCUT2D eigenvalue weighted by molar-refractivity contribution is 6.35. The summed E-state index contributed by atoms with van der Waals surface area (Å²) in [5.41, 5.74) is 3.54. The quantitative estimate of drug-likeness (QED) is 0.282. The third kappa shape index (κ3) is 5.64. The van der Waals surface area contributed by atoms with Crippen molar-refractivity contribution >= 4 is 34.8 Å². The predicted molar refractivity (Wildman–Crippen MR) is 134 cm³/mol. The standard InChI is InChI=1S/C26H25Cl2N3O3/c1-16(2)20-9-7-17(3)11-25(20)33-15-19-8-10-24(34-19)26(32)30-18-12-29-31(13-18)14-21-22(27)5-4-6-23(21)28/h4-13,16H,14-15H2,1-3H3,(H,30,32). The molecule has 2 heterocycles. The molecule has 2 aromatic heterocycles. The second kappa shape index (κ2) is 10.4. The molecule has 0 aliphatic rings. The lowest BCUT2D eigenvalue weighted by molar-refractivity contribution is 0.0992. The van der Waals surface area contributed by atoms with E-state index in [9.17, 15) is 4.79 Å². The first kappa shape index (κ1) is 23.9. The van der Waals surface area contributed by atoms with E-state index >= 15 is 0 Å². The van der Waals surface area contributed by atoms with Crippen LogP contribution in [0.15, 0.2) is 65.3 Å². The third-order valence-electron chi connectivity index (χ3n) is 5.32. The van der Waals surface area contributed by atoms with Crippen molar-refractivity contribution in [3.63, 3.8) is 0 Å². The fourth-order valence-corrected chi connectivity index (χ4v) is 4.04. The van der Waals surface area contributed by atoms with Crippen LogP contribution in [-0.4, -0.2) is 15.7 Å². The summed E-state index contributed by atoms with van der Waals surface area (Å²) in [5, 5.41) is 8.18. The Morgan fingerprint density at radius 2 is 1.91 bits per heavy atom. The minimum atomic E-state index is -0.375.